The van der Waals surface area contributed by atoms with Crippen molar-refractivity contribution in [3.8, 4) is 0 Å². The van der Waals surface area contributed by atoms with E-state index in [-0.39, 0.29) is 12.5 Å². The maximum Gasteiger partial charge on any atom is 0.318 e. The third-order valence-electron chi connectivity index (χ3n) is 4.30. The predicted molar refractivity (Wildman–Crippen MR) is 92.0 cm³/mol. The molecule has 0 saturated carbocycles. The van der Waals surface area contributed by atoms with Crippen LogP contribution in [0.25, 0.3) is 0 Å². The van der Waals surface area contributed by atoms with E-state index in [1.54, 1.807) is 4.90 Å². The number of rotatable bonds is 5. The van der Waals surface area contributed by atoms with E-state index >= 15 is 0 Å². The van der Waals surface area contributed by atoms with Gasteiger partial charge in [-0.1, -0.05) is 29.8 Å². The lowest BCUT2D eigenvalue weighted by atomic mass is 10.1. The fourth-order valence-corrected chi connectivity index (χ4v) is 2.85. The van der Waals surface area contributed by atoms with E-state index in [2.05, 4.69) is 10.4 Å². The maximum atomic E-state index is 12.4. The highest BCUT2D eigenvalue weighted by molar-refractivity contribution is 5.74. The molecule has 3 rings (SSSR count). The summed E-state index contributed by atoms with van der Waals surface area (Å²) < 4.78 is 1.86. The summed E-state index contributed by atoms with van der Waals surface area (Å²) >= 11 is 0. The van der Waals surface area contributed by atoms with E-state index in [4.69, 9.17) is 5.11 Å². The number of fused-ring (bicyclic) bond motifs is 1. The molecule has 0 bridgehead atoms. The van der Waals surface area contributed by atoms with Crippen molar-refractivity contribution < 1.29 is 14.7 Å². The minimum absolute atomic E-state index is 0.0667. The van der Waals surface area contributed by atoms with Crippen LogP contribution in [0.5, 0.6) is 0 Å². The van der Waals surface area contributed by atoms with Gasteiger partial charge >= 0.3 is 12.0 Å². The molecule has 0 spiro atoms. The number of carbonyl (C=O) groups is 2. The van der Waals surface area contributed by atoms with Gasteiger partial charge in [0.1, 0.15) is 0 Å². The van der Waals surface area contributed by atoms with Crippen LogP contribution in [0.3, 0.4) is 0 Å². The molecular weight excluding hydrogens is 320 g/mol. The number of aryl methyl sites for hydroxylation is 2. The molecule has 0 aliphatic carbocycles. The molecular formula is C18H22N4O3. The number of aromatic nitrogens is 2. The van der Waals surface area contributed by atoms with Crippen LogP contribution in [0, 0.1) is 6.92 Å². The molecule has 1 aliphatic rings. The Balaban J connectivity index is 1.55. The third-order valence-corrected chi connectivity index (χ3v) is 4.30. The van der Waals surface area contributed by atoms with Crippen LogP contribution in [-0.4, -0.2) is 38.3 Å². The van der Waals surface area contributed by atoms with Crippen LogP contribution in [0.4, 0.5) is 4.79 Å². The van der Waals surface area contributed by atoms with Crippen LogP contribution in [0.2, 0.25) is 0 Å². The van der Waals surface area contributed by atoms with Crippen LogP contribution in [0.15, 0.2) is 30.3 Å². The van der Waals surface area contributed by atoms with Crippen molar-refractivity contribution in [1.82, 2.24) is 20.0 Å². The highest BCUT2D eigenvalue weighted by atomic mass is 16.4. The highest BCUT2D eigenvalue weighted by Gasteiger charge is 2.22. The molecule has 2 amide bonds. The van der Waals surface area contributed by atoms with Crippen molar-refractivity contribution in [2.24, 2.45) is 0 Å². The Morgan fingerprint density at radius 3 is 2.72 bits per heavy atom. The summed E-state index contributed by atoms with van der Waals surface area (Å²) in [6.45, 7) is 4.23. The summed E-state index contributed by atoms with van der Waals surface area (Å²) in [6.07, 6.45) is 0.478. The number of carboxylic acids is 1. The van der Waals surface area contributed by atoms with Crippen LogP contribution in [-0.2, 0) is 30.8 Å². The van der Waals surface area contributed by atoms with Gasteiger partial charge in [-0.2, -0.15) is 5.10 Å². The maximum absolute atomic E-state index is 12.4. The van der Waals surface area contributed by atoms with Crippen molar-refractivity contribution in [3.63, 3.8) is 0 Å². The van der Waals surface area contributed by atoms with Gasteiger partial charge in [-0.15, -0.1) is 0 Å². The Labute approximate surface area is 146 Å². The first-order valence-electron chi connectivity index (χ1n) is 8.37. The van der Waals surface area contributed by atoms with Gasteiger partial charge in [-0.3, -0.25) is 9.48 Å². The summed E-state index contributed by atoms with van der Waals surface area (Å²) in [7, 11) is 0. The fraction of sp³-hybridized carbons (Fsp3) is 0.389. The van der Waals surface area contributed by atoms with E-state index in [1.807, 2.05) is 41.9 Å². The van der Waals surface area contributed by atoms with Gasteiger partial charge in [0.2, 0.25) is 0 Å². The van der Waals surface area contributed by atoms with E-state index in [1.165, 1.54) is 5.56 Å². The minimum Gasteiger partial charge on any atom is -0.481 e. The van der Waals surface area contributed by atoms with Gasteiger partial charge in [0.05, 0.1) is 30.9 Å². The Bertz CT molecular complexity index is 767. The molecule has 2 aromatic rings. The molecule has 7 nitrogen and oxygen atoms in total. The molecule has 1 aromatic carbocycles. The number of nitrogens with one attached hydrogen (secondary N) is 1. The van der Waals surface area contributed by atoms with E-state index < -0.39 is 5.97 Å². The minimum atomic E-state index is -0.830. The molecule has 0 unspecified atom stereocenters. The SMILES string of the molecule is Cc1ccc(CNC(=O)N2CCn3nc(CCC(=O)O)cc3C2)cc1. The zero-order valence-corrected chi connectivity index (χ0v) is 14.2. The normalized spacial score (nSPS) is 13.4. The largest absolute Gasteiger partial charge is 0.481 e. The number of nitrogens with zero attached hydrogens (tertiary/aromatic N) is 3. The highest BCUT2D eigenvalue weighted by Crippen LogP contribution is 2.15. The summed E-state index contributed by atoms with van der Waals surface area (Å²) in [5, 5.41) is 16.1. The Hall–Kier alpha value is -2.83. The lowest BCUT2D eigenvalue weighted by molar-refractivity contribution is -0.136. The second kappa shape index (κ2) is 7.38. The number of hydrogen-bond acceptors (Lipinski definition) is 3. The van der Waals surface area contributed by atoms with Crippen LogP contribution in [0.1, 0.15) is 28.9 Å². The van der Waals surface area contributed by atoms with E-state index in [0.29, 0.717) is 32.6 Å². The lowest BCUT2D eigenvalue weighted by Gasteiger charge is -2.27. The zero-order valence-electron chi connectivity index (χ0n) is 14.2. The molecule has 0 saturated heterocycles. The average Bonchev–Trinajstić information content (AvgIpc) is 3.01. The number of carbonyl (C=O) groups excluding carboxylic acids is 1. The summed E-state index contributed by atoms with van der Waals surface area (Å²) in [4.78, 5) is 24.8. The third kappa shape index (κ3) is 4.37. The van der Waals surface area contributed by atoms with Gasteiger partial charge in [-0.25, -0.2) is 4.79 Å². The van der Waals surface area contributed by atoms with Gasteiger partial charge in [0, 0.05) is 19.5 Å². The molecule has 7 heteroatoms. The van der Waals surface area contributed by atoms with Crippen LogP contribution < -0.4 is 5.32 Å². The van der Waals surface area contributed by atoms with Crippen molar-refractivity contribution >= 4 is 12.0 Å². The fourth-order valence-electron chi connectivity index (χ4n) is 2.85. The zero-order chi connectivity index (χ0) is 17.8. The Kier molecular flexibility index (Phi) is 5.02. The number of aliphatic carboxylic acids is 1. The number of carboxylic acid groups (broad SMARTS) is 1. The Morgan fingerprint density at radius 1 is 1.24 bits per heavy atom. The van der Waals surface area contributed by atoms with Crippen molar-refractivity contribution in [1.29, 1.82) is 0 Å². The number of benzene rings is 1. The van der Waals surface area contributed by atoms with Crippen LogP contribution >= 0.6 is 0 Å². The first-order chi connectivity index (χ1) is 12.0. The lowest BCUT2D eigenvalue weighted by Crippen LogP contribution is -2.43. The standard InChI is InChI=1S/C18H22N4O3/c1-13-2-4-14(5-3-13)11-19-18(25)21-8-9-22-16(12-21)10-15(20-22)6-7-17(23)24/h2-5,10H,6-9,11-12H2,1H3,(H,19,25)(H,23,24). The first kappa shape index (κ1) is 17.0. The van der Waals surface area contributed by atoms with Crippen molar-refractivity contribution in [2.75, 3.05) is 6.54 Å². The topological polar surface area (TPSA) is 87.5 Å². The number of urea groups is 1. The second-order valence-electron chi connectivity index (χ2n) is 6.31. The van der Waals surface area contributed by atoms with Gasteiger partial charge in [0.25, 0.3) is 0 Å². The second-order valence-corrected chi connectivity index (χ2v) is 6.31. The predicted octanol–water partition coefficient (Wildman–Crippen LogP) is 1.93. The first-order valence-corrected chi connectivity index (χ1v) is 8.37. The molecule has 132 valence electrons. The van der Waals surface area contributed by atoms with E-state index in [0.717, 1.165) is 17.0 Å². The average molecular weight is 342 g/mol. The van der Waals surface area contributed by atoms with Crippen molar-refractivity contribution in [3.05, 3.63) is 52.8 Å². The smallest absolute Gasteiger partial charge is 0.318 e. The Morgan fingerprint density at radius 2 is 2.00 bits per heavy atom. The molecule has 25 heavy (non-hydrogen) atoms. The van der Waals surface area contributed by atoms with Gasteiger partial charge in [-0.05, 0) is 18.6 Å². The quantitative estimate of drug-likeness (QED) is 0.869. The summed E-state index contributed by atoms with van der Waals surface area (Å²) in [5.41, 5.74) is 3.96. The molecule has 0 radical (unpaired) electrons. The van der Waals surface area contributed by atoms with Crippen molar-refractivity contribution in [2.45, 2.75) is 39.4 Å². The summed E-state index contributed by atoms with van der Waals surface area (Å²) in [5.74, 6) is -0.830. The number of amides is 2. The molecule has 0 fully saturated rings. The molecule has 0 atom stereocenters. The van der Waals surface area contributed by atoms with E-state index in [9.17, 15) is 9.59 Å². The van der Waals surface area contributed by atoms with Gasteiger partial charge < -0.3 is 15.3 Å². The molecule has 2 heterocycles. The van der Waals surface area contributed by atoms with Gasteiger partial charge in [0.15, 0.2) is 0 Å². The summed E-state index contributed by atoms with van der Waals surface area (Å²) in [6, 6.07) is 9.87. The monoisotopic (exact) mass is 342 g/mol. The molecule has 1 aliphatic heterocycles. The molecule has 2 N–H and O–H groups in total. The molecule has 1 aromatic heterocycles. The number of hydrogen-bond donors (Lipinski definition) is 2.